The van der Waals surface area contributed by atoms with Gasteiger partial charge in [0, 0.05) is 17.5 Å². The molecule has 8 heteroatoms. The number of imide groups is 1. The number of carbonyl (C=O) groups is 3. The molecule has 3 atom stereocenters. The van der Waals surface area contributed by atoms with Crippen molar-refractivity contribution in [1.82, 2.24) is 0 Å². The van der Waals surface area contributed by atoms with E-state index in [1.807, 2.05) is 0 Å². The van der Waals surface area contributed by atoms with Gasteiger partial charge in [-0.3, -0.25) is 9.59 Å². The van der Waals surface area contributed by atoms with Gasteiger partial charge in [0.05, 0.1) is 22.2 Å². The fourth-order valence-electron chi connectivity index (χ4n) is 4.07. The molecule has 140 valence electrons. The third-order valence-corrected chi connectivity index (χ3v) is 6.48. The molecule has 2 aromatic carbocycles. The zero-order chi connectivity index (χ0) is 19.6. The Hall–Kier alpha value is -3.26. The summed E-state index contributed by atoms with van der Waals surface area (Å²) in [6.07, 6.45) is 0. The Morgan fingerprint density at radius 2 is 1.79 bits per heavy atom. The van der Waals surface area contributed by atoms with E-state index < -0.39 is 23.1 Å². The third-order valence-electron chi connectivity index (χ3n) is 5.25. The van der Waals surface area contributed by atoms with Crippen molar-refractivity contribution < 1.29 is 24.2 Å². The van der Waals surface area contributed by atoms with E-state index in [0.717, 1.165) is 11.8 Å². The summed E-state index contributed by atoms with van der Waals surface area (Å²) in [5.41, 5.74) is 7.36. The van der Waals surface area contributed by atoms with Crippen LogP contribution >= 0.6 is 11.8 Å². The Labute approximate surface area is 163 Å². The molecule has 3 aliphatic heterocycles. The Kier molecular flexibility index (Phi) is 3.54. The topological polar surface area (TPSA) is 110 Å². The number of benzene rings is 2. The summed E-state index contributed by atoms with van der Waals surface area (Å²) in [6, 6.07) is 13.1. The van der Waals surface area contributed by atoms with Crippen molar-refractivity contribution in [2.45, 2.75) is 11.2 Å². The van der Waals surface area contributed by atoms with E-state index in [9.17, 15) is 19.5 Å². The molecule has 0 saturated carbocycles. The van der Waals surface area contributed by atoms with Crippen molar-refractivity contribution >= 4 is 35.2 Å². The number of anilines is 1. The van der Waals surface area contributed by atoms with Gasteiger partial charge in [-0.1, -0.05) is 36.0 Å². The predicted octanol–water partition coefficient (Wildman–Crippen LogP) is 1.87. The highest BCUT2D eigenvalue weighted by atomic mass is 32.2. The number of hydrogen-bond acceptors (Lipinski definition) is 7. The van der Waals surface area contributed by atoms with E-state index in [1.54, 1.807) is 36.4 Å². The summed E-state index contributed by atoms with van der Waals surface area (Å²) in [6.45, 7) is 0. The molecule has 1 saturated heterocycles. The Morgan fingerprint density at radius 3 is 2.54 bits per heavy atom. The number of carbonyl (C=O) groups excluding carboxylic acids is 3. The van der Waals surface area contributed by atoms with Crippen LogP contribution in [0.15, 0.2) is 59.1 Å². The van der Waals surface area contributed by atoms with Gasteiger partial charge in [-0.2, -0.15) is 0 Å². The number of phenolic OH excluding ortho intramolecular Hbond substituents is 1. The van der Waals surface area contributed by atoms with Crippen LogP contribution in [0.4, 0.5) is 5.69 Å². The quantitative estimate of drug-likeness (QED) is 0.432. The zero-order valence-electron chi connectivity index (χ0n) is 14.4. The molecule has 0 unspecified atom stereocenters. The average molecular weight is 394 g/mol. The molecule has 0 bridgehead atoms. The number of esters is 1. The molecule has 5 rings (SSSR count). The molecule has 3 N–H and O–H groups in total. The van der Waals surface area contributed by atoms with Crippen molar-refractivity contribution in [2.75, 3.05) is 4.90 Å². The number of hydrogen-bond donors (Lipinski definition) is 2. The molecule has 0 aromatic heterocycles. The van der Waals surface area contributed by atoms with Gasteiger partial charge in [0.15, 0.2) is 0 Å². The van der Waals surface area contributed by atoms with Gasteiger partial charge in [0.25, 0.3) is 0 Å². The second-order valence-corrected chi connectivity index (χ2v) is 7.96. The number of aromatic hydroxyl groups is 1. The molecule has 3 aliphatic rings. The molecular formula is C20H14N2O5S. The number of nitrogens with zero attached hydrogens (tertiary/aromatic N) is 1. The van der Waals surface area contributed by atoms with Crippen LogP contribution in [0.3, 0.4) is 0 Å². The summed E-state index contributed by atoms with van der Waals surface area (Å²) in [4.78, 5) is 40.1. The van der Waals surface area contributed by atoms with Crippen molar-refractivity contribution in [3.63, 3.8) is 0 Å². The number of nitrogens with two attached hydrogens (primary N) is 1. The van der Waals surface area contributed by atoms with Crippen molar-refractivity contribution in [2.24, 2.45) is 11.7 Å². The number of ether oxygens (including phenoxy) is 1. The van der Waals surface area contributed by atoms with E-state index in [4.69, 9.17) is 10.5 Å². The van der Waals surface area contributed by atoms with Crippen LogP contribution in [0.2, 0.25) is 0 Å². The third kappa shape index (κ3) is 2.21. The summed E-state index contributed by atoms with van der Waals surface area (Å²) in [5.74, 6) is -2.76. The highest BCUT2D eigenvalue weighted by Crippen LogP contribution is 2.54. The first-order valence-electron chi connectivity index (χ1n) is 8.61. The van der Waals surface area contributed by atoms with Gasteiger partial charge in [-0.15, -0.1) is 0 Å². The highest BCUT2D eigenvalue weighted by molar-refractivity contribution is 8.04. The SMILES string of the molecule is NC1=C2C(=O)Oc3cc(O)ccc3[C@@H]2[C@@H]2C(=O)N(c3ccccc3)C(=O)[C@@H]2S1. The van der Waals surface area contributed by atoms with E-state index in [2.05, 4.69) is 0 Å². The minimum absolute atomic E-state index is 0.0616. The molecule has 0 radical (unpaired) electrons. The average Bonchev–Trinajstić information content (AvgIpc) is 2.92. The predicted molar refractivity (Wildman–Crippen MR) is 102 cm³/mol. The highest BCUT2D eigenvalue weighted by Gasteiger charge is 2.58. The molecule has 28 heavy (non-hydrogen) atoms. The van der Waals surface area contributed by atoms with Gasteiger partial charge < -0.3 is 15.6 Å². The minimum Gasteiger partial charge on any atom is -0.508 e. The summed E-state index contributed by atoms with van der Waals surface area (Å²) in [5, 5.41) is 9.19. The van der Waals surface area contributed by atoms with Gasteiger partial charge >= 0.3 is 5.97 Å². The maximum Gasteiger partial charge on any atom is 0.342 e. The van der Waals surface area contributed by atoms with Crippen LogP contribution in [-0.2, 0) is 14.4 Å². The van der Waals surface area contributed by atoms with Crippen molar-refractivity contribution in [3.05, 3.63) is 64.7 Å². The summed E-state index contributed by atoms with van der Waals surface area (Å²) < 4.78 is 5.31. The van der Waals surface area contributed by atoms with Crippen LogP contribution in [-0.4, -0.2) is 28.1 Å². The number of fused-ring (bicyclic) bond motifs is 5. The molecule has 1 fully saturated rings. The van der Waals surface area contributed by atoms with Gasteiger partial charge in [-0.25, -0.2) is 9.69 Å². The first-order chi connectivity index (χ1) is 13.5. The number of para-hydroxylation sites is 1. The molecule has 2 amide bonds. The Bertz CT molecular complexity index is 1080. The van der Waals surface area contributed by atoms with Gasteiger partial charge in [0.1, 0.15) is 16.7 Å². The van der Waals surface area contributed by atoms with E-state index in [0.29, 0.717) is 11.3 Å². The standard InChI is InChI=1S/C20H14N2O5S/c21-17-15-13(11-7-6-10(23)8-12(11)27-20(15)26)14-16(28-17)19(25)22(18(14)24)9-4-2-1-3-5-9/h1-8,13-14,16,23H,21H2/t13-,14+,16-/m1/s1. The molecule has 0 spiro atoms. The lowest BCUT2D eigenvalue weighted by Gasteiger charge is -2.36. The van der Waals surface area contributed by atoms with Crippen molar-refractivity contribution in [3.8, 4) is 11.5 Å². The largest absolute Gasteiger partial charge is 0.508 e. The zero-order valence-corrected chi connectivity index (χ0v) is 15.2. The van der Waals surface area contributed by atoms with E-state index in [1.165, 1.54) is 17.0 Å². The van der Waals surface area contributed by atoms with Crippen LogP contribution in [0.5, 0.6) is 11.5 Å². The fourth-order valence-corrected chi connectivity index (χ4v) is 5.31. The number of phenols is 1. The van der Waals surface area contributed by atoms with E-state index >= 15 is 0 Å². The second-order valence-electron chi connectivity index (χ2n) is 6.78. The van der Waals surface area contributed by atoms with E-state index in [-0.39, 0.29) is 33.9 Å². The van der Waals surface area contributed by atoms with Gasteiger partial charge in [0.2, 0.25) is 11.8 Å². The van der Waals surface area contributed by atoms with Crippen LogP contribution < -0.4 is 15.4 Å². The van der Waals surface area contributed by atoms with Crippen LogP contribution in [0, 0.1) is 5.92 Å². The number of thioether (sulfide) groups is 1. The van der Waals surface area contributed by atoms with Crippen LogP contribution in [0.25, 0.3) is 0 Å². The summed E-state index contributed by atoms with van der Waals surface area (Å²) >= 11 is 1.03. The monoisotopic (exact) mass is 394 g/mol. The Morgan fingerprint density at radius 1 is 1.04 bits per heavy atom. The summed E-state index contributed by atoms with van der Waals surface area (Å²) in [7, 11) is 0. The van der Waals surface area contributed by atoms with Crippen LogP contribution in [0.1, 0.15) is 11.5 Å². The molecule has 0 aliphatic carbocycles. The maximum absolute atomic E-state index is 13.3. The van der Waals surface area contributed by atoms with Gasteiger partial charge in [-0.05, 0) is 18.2 Å². The number of amides is 2. The molecule has 3 heterocycles. The lowest BCUT2D eigenvalue weighted by molar-refractivity contribution is -0.131. The molecule has 2 aromatic rings. The lowest BCUT2D eigenvalue weighted by atomic mass is 9.77. The second kappa shape index (κ2) is 5.87. The molecule has 7 nitrogen and oxygen atoms in total. The number of rotatable bonds is 1. The normalized spacial score (nSPS) is 25.9. The fraction of sp³-hybridized carbons (Fsp3) is 0.150. The Balaban J connectivity index is 1.68. The molecular weight excluding hydrogens is 380 g/mol. The smallest absolute Gasteiger partial charge is 0.342 e. The first-order valence-corrected chi connectivity index (χ1v) is 9.49. The van der Waals surface area contributed by atoms with Crippen molar-refractivity contribution in [1.29, 1.82) is 0 Å². The first kappa shape index (κ1) is 16.9. The maximum atomic E-state index is 13.3. The lowest BCUT2D eigenvalue weighted by Crippen LogP contribution is -2.39. The minimum atomic E-state index is -0.781.